The van der Waals surface area contributed by atoms with E-state index in [0.29, 0.717) is 6.54 Å². The lowest BCUT2D eigenvalue weighted by atomic mass is 10.2. The minimum atomic E-state index is -0.801. The van der Waals surface area contributed by atoms with Crippen LogP contribution in [0.2, 0.25) is 0 Å². The average Bonchev–Trinajstić information content (AvgIpc) is 2.27. The van der Waals surface area contributed by atoms with E-state index in [1.807, 2.05) is 0 Å². The second-order valence-electron chi connectivity index (χ2n) is 4.86. The number of hydrogen-bond acceptors (Lipinski definition) is 5. The second kappa shape index (κ2) is 6.24. The van der Waals surface area contributed by atoms with E-state index in [1.165, 1.54) is 4.90 Å². The largest absolute Gasteiger partial charge is 0.447 e. The molecule has 0 spiro atoms. The van der Waals surface area contributed by atoms with Crippen LogP contribution in [-0.2, 0) is 19.0 Å². The monoisotopic (exact) mass is 279 g/mol. The molecule has 0 aromatic carbocycles. The van der Waals surface area contributed by atoms with Gasteiger partial charge in [-0.25, -0.2) is 9.59 Å². The molecule has 1 fully saturated rings. The Labute approximate surface area is 111 Å². The Hall–Kier alpha value is -1.01. The highest BCUT2D eigenvalue weighted by Crippen LogP contribution is 2.13. The number of amides is 1. The molecule has 0 aliphatic carbocycles. The van der Waals surface area contributed by atoms with Gasteiger partial charge in [0.15, 0.2) is 12.2 Å². The molecule has 0 N–H and O–H groups in total. The van der Waals surface area contributed by atoms with Gasteiger partial charge in [-0.15, -0.1) is 0 Å². The molecule has 0 unspecified atom stereocenters. The van der Waals surface area contributed by atoms with Crippen molar-refractivity contribution >= 4 is 23.7 Å². The van der Waals surface area contributed by atoms with Crippen molar-refractivity contribution < 1.29 is 23.8 Å². The van der Waals surface area contributed by atoms with Gasteiger partial charge in [0.05, 0.1) is 13.2 Å². The van der Waals surface area contributed by atoms with Gasteiger partial charge in [0.25, 0.3) is 0 Å². The van der Waals surface area contributed by atoms with Crippen molar-refractivity contribution in [2.75, 3.05) is 25.8 Å². The minimum absolute atomic E-state index is 0.116. The average molecular weight is 280 g/mol. The van der Waals surface area contributed by atoms with E-state index >= 15 is 0 Å². The van der Waals surface area contributed by atoms with E-state index < -0.39 is 23.8 Å². The normalized spacial score (nSPS) is 20.4. The van der Waals surface area contributed by atoms with E-state index in [4.69, 9.17) is 21.1 Å². The van der Waals surface area contributed by atoms with Crippen LogP contribution in [0.5, 0.6) is 0 Å². The zero-order chi connectivity index (χ0) is 13.8. The number of nitrogens with zero attached hydrogens (tertiary/aromatic N) is 1. The molecule has 1 heterocycles. The maximum absolute atomic E-state index is 11.8. The predicted octanol–water partition coefficient (Wildman–Crippen LogP) is 1.36. The summed E-state index contributed by atoms with van der Waals surface area (Å²) in [5.41, 5.74) is -0.568. The Morgan fingerprint density at radius 2 is 2.11 bits per heavy atom. The highest BCUT2D eigenvalue weighted by atomic mass is 35.5. The van der Waals surface area contributed by atoms with Crippen molar-refractivity contribution in [2.45, 2.75) is 32.5 Å². The first-order chi connectivity index (χ1) is 8.33. The van der Waals surface area contributed by atoms with Crippen molar-refractivity contribution in [3.05, 3.63) is 0 Å². The third-order valence-corrected chi connectivity index (χ3v) is 2.29. The quantitative estimate of drug-likeness (QED) is 0.564. The number of morpholine rings is 1. The highest BCUT2D eigenvalue weighted by molar-refractivity contribution is 6.17. The first-order valence-electron chi connectivity index (χ1n) is 5.65. The number of esters is 1. The van der Waals surface area contributed by atoms with Gasteiger partial charge < -0.3 is 19.1 Å². The molecule has 7 heteroatoms. The highest BCUT2D eigenvalue weighted by Gasteiger charge is 2.32. The third-order valence-electron chi connectivity index (χ3n) is 2.18. The van der Waals surface area contributed by atoms with Crippen LogP contribution in [0.15, 0.2) is 0 Å². The van der Waals surface area contributed by atoms with E-state index in [9.17, 15) is 9.59 Å². The maximum atomic E-state index is 11.8. The minimum Gasteiger partial charge on any atom is -0.447 e. The fourth-order valence-corrected chi connectivity index (χ4v) is 1.54. The second-order valence-corrected chi connectivity index (χ2v) is 5.08. The molecule has 1 rings (SSSR count). The zero-order valence-corrected chi connectivity index (χ0v) is 11.5. The van der Waals surface area contributed by atoms with Crippen molar-refractivity contribution in [3.63, 3.8) is 0 Å². The van der Waals surface area contributed by atoms with E-state index in [1.54, 1.807) is 20.8 Å². The third kappa shape index (κ3) is 4.70. The van der Waals surface area contributed by atoms with Gasteiger partial charge in [-0.1, -0.05) is 11.6 Å². The van der Waals surface area contributed by atoms with Gasteiger partial charge in [0.2, 0.25) is 0 Å². The summed E-state index contributed by atoms with van der Waals surface area (Å²) in [7, 11) is 0. The van der Waals surface area contributed by atoms with Crippen LogP contribution in [0, 0.1) is 0 Å². The molecule has 1 aliphatic heterocycles. The summed E-state index contributed by atoms with van der Waals surface area (Å²) in [5, 5.41) is 0. The van der Waals surface area contributed by atoms with Crippen LogP contribution in [0.1, 0.15) is 20.8 Å². The van der Waals surface area contributed by atoms with Gasteiger partial charge in [-0.05, 0) is 20.8 Å². The van der Waals surface area contributed by atoms with E-state index in [-0.39, 0.29) is 19.2 Å². The fourth-order valence-electron chi connectivity index (χ4n) is 1.43. The number of halogens is 1. The van der Waals surface area contributed by atoms with Gasteiger partial charge in [-0.3, -0.25) is 0 Å². The summed E-state index contributed by atoms with van der Waals surface area (Å²) in [5.74, 6) is -0.571. The van der Waals surface area contributed by atoms with Crippen molar-refractivity contribution in [1.29, 1.82) is 0 Å². The number of carbonyl (C=O) groups is 2. The van der Waals surface area contributed by atoms with Crippen molar-refractivity contribution in [1.82, 2.24) is 4.90 Å². The maximum Gasteiger partial charge on any atom is 0.410 e. The van der Waals surface area contributed by atoms with Crippen LogP contribution in [0.3, 0.4) is 0 Å². The first kappa shape index (κ1) is 15.0. The predicted molar refractivity (Wildman–Crippen MR) is 64.4 cm³/mol. The summed E-state index contributed by atoms with van der Waals surface area (Å²) in [4.78, 5) is 24.7. The summed E-state index contributed by atoms with van der Waals surface area (Å²) >= 11 is 5.30. The summed E-state index contributed by atoms with van der Waals surface area (Å²) in [6, 6.07) is -0.231. The van der Waals surface area contributed by atoms with Crippen LogP contribution >= 0.6 is 11.6 Å². The fraction of sp³-hybridized carbons (Fsp3) is 0.818. The Kier molecular flexibility index (Phi) is 5.22. The molecule has 0 aromatic rings. The number of rotatable bonds is 2. The SMILES string of the molecule is CC(C)(C)OC(=O)N1CCO[C@H](C(=O)OCCl)C1. The standard InChI is InChI=1S/C11H18ClNO5/c1-11(2,3)18-10(15)13-4-5-16-8(6-13)9(14)17-7-12/h8H,4-7H2,1-3H3/t8-/m0/s1. The smallest absolute Gasteiger partial charge is 0.410 e. The number of carbonyl (C=O) groups excluding carboxylic acids is 2. The molecule has 0 saturated carbocycles. The lowest BCUT2D eigenvalue weighted by Crippen LogP contribution is -2.50. The van der Waals surface area contributed by atoms with Crippen LogP contribution in [-0.4, -0.2) is 54.4 Å². The van der Waals surface area contributed by atoms with Crippen LogP contribution < -0.4 is 0 Å². The molecular formula is C11H18ClNO5. The van der Waals surface area contributed by atoms with Gasteiger partial charge in [0.1, 0.15) is 5.60 Å². The molecule has 0 radical (unpaired) electrons. The molecule has 1 aliphatic rings. The van der Waals surface area contributed by atoms with E-state index in [2.05, 4.69) is 4.74 Å². The molecular weight excluding hydrogens is 262 g/mol. The molecule has 0 aromatic heterocycles. The summed E-state index contributed by atoms with van der Waals surface area (Å²) in [6.45, 7) is 6.12. The van der Waals surface area contributed by atoms with Crippen LogP contribution in [0.25, 0.3) is 0 Å². The number of alkyl halides is 1. The van der Waals surface area contributed by atoms with Gasteiger partial charge in [0, 0.05) is 6.54 Å². The number of hydrogen-bond donors (Lipinski definition) is 0. The lowest BCUT2D eigenvalue weighted by molar-refractivity contribution is -0.160. The molecule has 104 valence electrons. The summed E-state index contributed by atoms with van der Waals surface area (Å²) < 4.78 is 15.1. The molecule has 18 heavy (non-hydrogen) atoms. The first-order valence-corrected chi connectivity index (χ1v) is 6.19. The molecule has 1 amide bonds. The van der Waals surface area contributed by atoms with Gasteiger partial charge >= 0.3 is 12.1 Å². The van der Waals surface area contributed by atoms with E-state index in [0.717, 1.165) is 0 Å². The Bertz CT molecular complexity index is 315. The summed E-state index contributed by atoms with van der Waals surface area (Å²) in [6.07, 6.45) is -1.26. The Balaban J connectivity index is 2.53. The van der Waals surface area contributed by atoms with Crippen molar-refractivity contribution in [2.24, 2.45) is 0 Å². The Morgan fingerprint density at radius 3 is 2.67 bits per heavy atom. The van der Waals surface area contributed by atoms with Gasteiger partial charge in [-0.2, -0.15) is 0 Å². The lowest BCUT2D eigenvalue weighted by Gasteiger charge is -2.33. The van der Waals surface area contributed by atoms with Crippen molar-refractivity contribution in [3.8, 4) is 0 Å². The molecule has 6 nitrogen and oxygen atoms in total. The Morgan fingerprint density at radius 1 is 1.44 bits per heavy atom. The topological polar surface area (TPSA) is 65.1 Å². The molecule has 1 atom stereocenters. The molecule has 1 saturated heterocycles. The number of ether oxygens (including phenoxy) is 3. The zero-order valence-electron chi connectivity index (χ0n) is 10.8. The molecule has 0 bridgehead atoms. The van der Waals surface area contributed by atoms with Crippen LogP contribution in [0.4, 0.5) is 4.79 Å².